The number of fused-ring (bicyclic) bond motifs is 1. The molecular weight excluding hydrogens is 486 g/mol. The Morgan fingerprint density at radius 2 is 1.78 bits per heavy atom. The Morgan fingerprint density at radius 1 is 1.22 bits per heavy atom. The number of ketones is 1. The van der Waals surface area contributed by atoms with Gasteiger partial charge in [-0.25, -0.2) is 4.99 Å². The Kier molecular flexibility index (Phi) is 15.4. The van der Waals surface area contributed by atoms with Gasteiger partial charge in [-0.2, -0.15) is 5.10 Å². The summed E-state index contributed by atoms with van der Waals surface area (Å²) in [5, 5.41) is 25.0. The van der Waals surface area contributed by atoms with E-state index in [1.54, 1.807) is 19.9 Å². The smallest absolute Gasteiger partial charge is 0.161 e. The van der Waals surface area contributed by atoms with Gasteiger partial charge in [0, 0.05) is 40.8 Å². The molecular formula is C29H50ClN5O2. The van der Waals surface area contributed by atoms with E-state index >= 15 is 0 Å². The van der Waals surface area contributed by atoms with E-state index < -0.39 is 0 Å². The Morgan fingerprint density at radius 3 is 2.22 bits per heavy atom. The number of nitrogens with zero attached hydrogens (tertiary/aromatic N) is 2. The van der Waals surface area contributed by atoms with Crippen LogP contribution in [-0.2, 0) is 10.2 Å². The second kappa shape index (κ2) is 16.5. The van der Waals surface area contributed by atoms with E-state index in [0.29, 0.717) is 24.4 Å². The van der Waals surface area contributed by atoms with E-state index in [1.807, 2.05) is 68.5 Å². The first-order valence-electron chi connectivity index (χ1n) is 13.4. The number of carbonyl (C=O) groups excluding carboxylic acids is 1. The molecule has 2 atom stereocenters. The Bertz CT molecular complexity index is 1050. The summed E-state index contributed by atoms with van der Waals surface area (Å²) in [6.45, 7) is 22.1. The van der Waals surface area contributed by atoms with Crippen LogP contribution in [0.25, 0.3) is 10.9 Å². The van der Waals surface area contributed by atoms with E-state index in [4.69, 9.17) is 11.6 Å². The molecule has 0 aliphatic heterocycles. The fourth-order valence-electron chi connectivity index (χ4n) is 3.40. The number of carbonyl (C=O) groups is 1. The van der Waals surface area contributed by atoms with Crippen molar-refractivity contribution in [1.82, 2.24) is 15.5 Å². The fraction of sp³-hybridized carbons (Fsp3) is 0.621. The SMILES string of the molecule is CC.CC.CCC(=O)/C(C)=C(Cl)/N=C(\C)CNc1n[nH]c2cc(O)c(C(C)(C)C)cc12.CN[C@H]1CC1C. The van der Waals surface area contributed by atoms with Crippen molar-refractivity contribution in [1.29, 1.82) is 0 Å². The van der Waals surface area contributed by atoms with Gasteiger partial charge in [-0.05, 0) is 44.7 Å². The lowest BCUT2D eigenvalue weighted by Crippen LogP contribution is -2.12. The summed E-state index contributed by atoms with van der Waals surface area (Å²) in [4.78, 5) is 16.0. The van der Waals surface area contributed by atoms with Crippen molar-refractivity contribution in [2.75, 3.05) is 18.9 Å². The molecule has 7 nitrogen and oxygen atoms in total. The minimum Gasteiger partial charge on any atom is -0.508 e. The largest absolute Gasteiger partial charge is 0.508 e. The molecule has 1 saturated carbocycles. The third-order valence-corrected chi connectivity index (χ3v) is 6.18. The molecule has 1 unspecified atom stereocenters. The monoisotopic (exact) mass is 535 g/mol. The number of hydrogen-bond donors (Lipinski definition) is 4. The van der Waals surface area contributed by atoms with Gasteiger partial charge < -0.3 is 15.7 Å². The number of nitrogens with one attached hydrogen (secondary N) is 3. The van der Waals surface area contributed by atoms with Gasteiger partial charge in [0.2, 0.25) is 0 Å². The first-order valence-corrected chi connectivity index (χ1v) is 13.8. The van der Waals surface area contributed by atoms with Gasteiger partial charge in [0.05, 0.1) is 12.1 Å². The number of Topliss-reactive ketones (excluding diaryl/α,β-unsaturated/α-hetero) is 1. The first-order chi connectivity index (χ1) is 17.4. The summed E-state index contributed by atoms with van der Waals surface area (Å²) < 4.78 is 0. The Balaban J connectivity index is 0.00000110. The number of aromatic amines is 1. The molecule has 1 aromatic carbocycles. The van der Waals surface area contributed by atoms with Gasteiger partial charge in [0.15, 0.2) is 11.6 Å². The lowest BCUT2D eigenvalue weighted by molar-refractivity contribution is -0.115. The minimum absolute atomic E-state index is 0.0164. The molecule has 210 valence electrons. The van der Waals surface area contributed by atoms with Gasteiger partial charge in [-0.15, -0.1) is 0 Å². The maximum absolute atomic E-state index is 11.7. The highest BCUT2D eigenvalue weighted by atomic mass is 35.5. The molecule has 0 saturated heterocycles. The molecule has 3 rings (SSSR count). The van der Waals surface area contributed by atoms with Crippen LogP contribution in [0.5, 0.6) is 5.75 Å². The highest BCUT2D eigenvalue weighted by molar-refractivity contribution is 6.32. The summed E-state index contributed by atoms with van der Waals surface area (Å²) in [5.74, 6) is 1.86. The van der Waals surface area contributed by atoms with Crippen molar-refractivity contribution in [2.24, 2.45) is 10.9 Å². The second-order valence-corrected chi connectivity index (χ2v) is 10.1. The molecule has 0 spiro atoms. The summed E-state index contributed by atoms with van der Waals surface area (Å²) in [6, 6.07) is 4.49. The van der Waals surface area contributed by atoms with Crippen LogP contribution >= 0.6 is 11.6 Å². The van der Waals surface area contributed by atoms with E-state index in [1.165, 1.54) is 6.42 Å². The molecule has 2 aromatic rings. The maximum atomic E-state index is 11.7. The molecule has 4 N–H and O–H groups in total. The van der Waals surface area contributed by atoms with E-state index in [2.05, 4.69) is 32.7 Å². The lowest BCUT2D eigenvalue weighted by Gasteiger charge is -2.20. The number of aromatic nitrogens is 2. The fourth-order valence-corrected chi connectivity index (χ4v) is 3.65. The number of halogens is 1. The van der Waals surface area contributed by atoms with Gasteiger partial charge in [0.1, 0.15) is 10.9 Å². The average molecular weight is 536 g/mol. The number of phenols is 1. The highest BCUT2D eigenvalue weighted by Crippen LogP contribution is 2.35. The van der Waals surface area contributed by atoms with Crippen molar-refractivity contribution >= 4 is 39.8 Å². The number of rotatable bonds is 7. The molecule has 1 fully saturated rings. The zero-order valence-electron chi connectivity index (χ0n) is 25.1. The van der Waals surface area contributed by atoms with Crippen molar-refractivity contribution in [2.45, 2.75) is 100 Å². The molecule has 0 amide bonds. The Hall–Kier alpha value is -2.38. The maximum Gasteiger partial charge on any atom is 0.161 e. The van der Waals surface area contributed by atoms with Crippen molar-refractivity contribution in [3.05, 3.63) is 28.4 Å². The quantitative estimate of drug-likeness (QED) is 0.166. The zero-order chi connectivity index (χ0) is 28.9. The van der Waals surface area contributed by atoms with Gasteiger partial charge >= 0.3 is 0 Å². The van der Waals surface area contributed by atoms with Crippen LogP contribution in [0.15, 0.2) is 27.9 Å². The predicted octanol–water partition coefficient (Wildman–Crippen LogP) is 7.55. The standard InChI is InChI=1S/C20H27ClN4O2.C5H11N.2C2H6/c1-7-16(26)12(3)18(21)23-11(2)10-22-19-13-8-14(20(4,5)6)17(27)9-15(13)24-25-19;1-4-3-5(4)6-2;2*1-2/h8-9,27H,7,10H2,1-6H3,(H2,22,24,25);4-6H,3H2,1-2H3;2*1-2H3/b18-12+,23-11+;;;/t;4?,5-;;/m.0../s1. The third kappa shape index (κ3) is 10.9. The van der Waals surface area contributed by atoms with E-state index in [-0.39, 0.29) is 22.1 Å². The normalized spacial score (nSPS) is 17.3. The molecule has 1 aliphatic rings. The topological polar surface area (TPSA) is 102 Å². The van der Waals surface area contributed by atoms with Crippen LogP contribution in [0, 0.1) is 5.92 Å². The number of phenolic OH excluding ortho intramolecular Hbond substituents is 1. The number of H-pyrrole nitrogens is 1. The zero-order valence-corrected chi connectivity index (χ0v) is 25.8. The highest BCUT2D eigenvalue weighted by Gasteiger charge is 2.30. The lowest BCUT2D eigenvalue weighted by atomic mass is 9.85. The molecule has 1 aliphatic carbocycles. The Labute approximate surface area is 229 Å². The van der Waals surface area contributed by atoms with Crippen molar-refractivity contribution in [3.63, 3.8) is 0 Å². The van der Waals surface area contributed by atoms with Crippen molar-refractivity contribution in [3.8, 4) is 5.75 Å². The number of aromatic hydroxyl groups is 1. The molecule has 1 aromatic heterocycles. The predicted molar refractivity (Wildman–Crippen MR) is 161 cm³/mol. The molecule has 0 radical (unpaired) electrons. The van der Waals surface area contributed by atoms with Gasteiger partial charge in [-0.1, -0.05) is 73.9 Å². The van der Waals surface area contributed by atoms with Crippen LogP contribution < -0.4 is 10.6 Å². The summed E-state index contributed by atoms with van der Waals surface area (Å²) in [6.07, 6.45) is 1.79. The number of allylic oxidation sites excluding steroid dienone is 1. The van der Waals surface area contributed by atoms with Crippen LogP contribution in [-0.4, -0.2) is 46.4 Å². The third-order valence-electron chi connectivity index (χ3n) is 5.82. The van der Waals surface area contributed by atoms with E-state index in [0.717, 1.165) is 34.1 Å². The summed E-state index contributed by atoms with van der Waals surface area (Å²) in [5.41, 5.74) is 2.61. The van der Waals surface area contributed by atoms with Crippen LogP contribution in [0.4, 0.5) is 5.82 Å². The number of aliphatic imine (C=N–C) groups is 1. The number of hydrogen-bond acceptors (Lipinski definition) is 6. The second-order valence-electron chi connectivity index (χ2n) is 9.74. The molecule has 8 heteroatoms. The van der Waals surface area contributed by atoms with Crippen LogP contribution in [0.2, 0.25) is 0 Å². The first kappa shape index (κ1) is 34.6. The minimum atomic E-state index is -0.189. The van der Waals surface area contributed by atoms with Crippen LogP contribution in [0.1, 0.15) is 94.6 Å². The molecule has 1 heterocycles. The van der Waals surface area contributed by atoms with Gasteiger partial charge in [0.25, 0.3) is 0 Å². The van der Waals surface area contributed by atoms with Crippen LogP contribution in [0.3, 0.4) is 0 Å². The number of anilines is 1. The summed E-state index contributed by atoms with van der Waals surface area (Å²) >= 11 is 6.14. The molecule has 37 heavy (non-hydrogen) atoms. The molecule has 0 bridgehead atoms. The average Bonchev–Trinajstić information content (AvgIpc) is 3.46. The van der Waals surface area contributed by atoms with E-state index in [9.17, 15) is 9.90 Å². The van der Waals surface area contributed by atoms with Crippen molar-refractivity contribution < 1.29 is 9.90 Å². The van der Waals surface area contributed by atoms with Gasteiger partial charge in [-0.3, -0.25) is 9.89 Å². The summed E-state index contributed by atoms with van der Waals surface area (Å²) in [7, 11) is 2.02. The number of benzene rings is 1.